The van der Waals surface area contributed by atoms with Gasteiger partial charge in [0, 0.05) is 29.2 Å². The second kappa shape index (κ2) is 4.72. The van der Waals surface area contributed by atoms with E-state index < -0.39 is 0 Å². The van der Waals surface area contributed by atoms with Crippen molar-refractivity contribution >= 4 is 11.6 Å². The van der Waals surface area contributed by atoms with Crippen molar-refractivity contribution < 1.29 is 4.39 Å². The van der Waals surface area contributed by atoms with Crippen LogP contribution in [0.2, 0.25) is 0 Å². The zero-order valence-corrected chi connectivity index (χ0v) is 10.0. The molecule has 0 unspecified atom stereocenters. The highest BCUT2D eigenvalue weighted by Gasteiger charge is 2.04. The van der Waals surface area contributed by atoms with Gasteiger partial charge in [0.15, 0.2) is 5.43 Å². The van der Waals surface area contributed by atoms with Crippen molar-refractivity contribution in [3.8, 4) is 5.69 Å². The molecule has 0 saturated carbocycles. The molecule has 0 spiro atoms. The smallest absolute Gasteiger partial charge is 0.186 e. The summed E-state index contributed by atoms with van der Waals surface area (Å²) < 4.78 is 14.7. The van der Waals surface area contributed by atoms with Crippen molar-refractivity contribution in [1.29, 1.82) is 0 Å². The lowest BCUT2D eigenvalue weighted by molar-refractivity contribution is 0.627. The molecule has 0 amide bonds. The van der Waals surface area contributed by atoms with Gasteiger partial charge in [-0.25, -0.2) is 4.39 Å². The Morgan fingerprint density at radius 2 is 1.94 bits per heavy atom. The van der Waals surface area contributed by atoms with Crippen LogP contribution in [0.1, 0.15) is 11.3 Å². The van der Waals surface area contributed by atoms with E-state index in [1.165, 1.54) is 18.2 Å². The van der Waals surface area contributed by atoms with Gasteiger partial charge in [-0.05, 0) is 31.2 Å². The Kier molecular flexibility index (Phi) is 3.29. The molecule has 0 fully saturated rings. The minimum Gasteiger partial charge on any atom is -0.321 e. The first-order valence-corrected chi connectivity index (χ1v) is 5.69. The molecule has 0 bridgehead atoms. The first-order valence-electron chi connectivity index (χ1n) is 5.16. The lowest BCUT2D eigenvalue weighted by atomic mass is 10.2. The second-order valence-electron chi connectivity index (χ2n) is 3.78. The summed E-state index contributed by atoms with van der Waals surface area (Å²) in [5.41, 5.74) is 2.04. The third kappa shape index (κ3) is 2.39. The lowest BCUT2D eigenvalue weighted by Crippen LogP contribution is -2.12. The Bertz CT molecular complexity index is 589. The number of alkyl halides is 1. The van der Waals surface area contributed by atoms with Gasteiger partial charge < -0.3 is 4.57 Å². The van der Waals surface area contributed by atoms with Crippen LogP contribution in [-0.4, -0.2) is 4.57 Å². The van der Waals surface area contributed by atoms with Crippen LogP contribution in [0.4, 0.5) is 4.39 Å². The van der Waals surface area contributed by atoms with Crippen molar-refractivity contribution in [1.82, 2.24) is 4.57 Å². The molecule has 0 aliphatic heterocycles. The normalized spacial score (nSPS) is 10.5. The van der Waals surface area contributed by atoms with E-state index in [0.29, 0.717) is 5.56 Å². The Hall–Kier alpha value is -1.61. The quantitative estimate of drug-likeness (QED) is 0.752. The Morgan fingerprint density at radius 3 is 2.53 bits per heavy atom. The van der Waals surface area contributed by atoms with Crippen LogP contribution >= 0.6 is 11.6 Å². The SMILES string of the molecule is Cc1cc(=O)c(CCl)cn1-c1ccc(F)cc1. The fraction of sp³-hybridized carbons (Fsp3) is 0.154. The van der Waals surface area contributed by atoms with Gasteiger partial charge in [0.05, 0.1) is 5.88 Å². The summed E-state index contributed by atoms with van der Waals surface area (Å²) in [5, 5.41) is 0. The minimum absolute atomic E-state index is 0.0733. The molecule has 1 heterocycles. The molecule has 0 aliphatic rings. The molecule has 1 aromatic heterocycles. The Labute approximate surface area is 103 Å². The standard InChI is InChI=1S/C13H11ClFNO/c1-9-6-13(17)10(7-14)8-16(9)12-4-2-11(15)3-5-12/h2-6,8H,7H2,1H3. The number of aromatic nitrogens is 1. The van der Waals surface area contributed by atoms with Gasteiger partial charge in [0.25, 0.3) is 0 Å². The molecule has 4 heteroatoms. The zero-order valence-electron chi connectivity index (χ0n) is 9.28. The maximum absolute atomic E-state index is 12.8. The highest BCUT2D eigenvalue weighted by molar-refractivity contribution is 6.17. The highest BCUT2D eigenvalue weighted by Crippen LogP contribution is 2.12. The fourth-order valence-electron chi connectivity index (χ4n) is 1.65. The minimum atomic E-state index is -0.287. The van der Waals surface area contributed by atoms with Crippen LogP contribution in [0, 0.1) is 12.7 Å². The number of aryl methyl sites for hydroxylation is 1. The van der Waals surface area contributed by atoms with Gasteiger partial charge in [-0.3, -0.25) is 4.79 Å². The van der Waals surface area contributed by atoms with Gasteiger partial charge in [-0.15, -0.1) is 11.6 Å². The monoisotopic (exact) mass is 251 g/mol. The van der Waals surface area contributed by atoms with E-state index in [1.807, 2.05) is 11.5 Å². The highest BCUT2D eigenvalue weighted by atomic mass is 35.5. The number of pyridine rings is 1. The Morgan fingerprint density at radius 1 is 1.29 bits per heavy atom. The van der Waals surface area contributed by atoms with Crippen LogP contribution in [0.15, 0.2) is 41.3 Å². The largest absolute Gasteiger partial charge is 0.321 e. The van der Waals surface area contributed by atoms with Crippen molar-refractivity contribution in [2.24, 2.45) is 0 Å². The van der Waals surface area contributed by atoms with Crippen LogP contribution in [0.25, 0.3) is 5.69 Å². The molecule has 0 saturated heterocycles. The van der Waals surface area contributed by atoms with E-state index in [0.717, 1.165) is 11.4 Å². The third-order valence-electron chi connectivity index (χ3n) is 2.57. The van der Waals surface area contributed by atoms with Crippen LogP contribution < -0.4 is 5.43 Å². The predicted octanol–water partition coefficient (Wildman–Crippen LogP) is 3.02. The van der Waals surface area contributed by atoms with E-state index in [1.54, 1.807) is 18.3 Å². The van der Waals surface area contributed by atoms with Gasteiger partial charge in [0.2, 0.25) is 0 Å². The maximum Gasteiger partial charge on any atom is 0.186 e. The van der Waals surface area contributed by atoms with Gasteiger partial charge in [0.1, 0.15) is 5.82 Å². The number of nitrogens with zero attached hydrogens (tertiary/aromatic N) is 1. The predicted molar refractivity (Wildman–Crippen MR) is 66.3 cm³/mol. The van der Waals surface area contributed by atoms with E-state index >= 15 is 0 Å². The summed E-state index contributed by atoms with van der Waals surface area (Å²) in [5.74, 6) is -0.120. The van der Waals surface area contributed by atoms with Crippen molar-refractivity contribution in [2.75, 3.05) is 0 Å². The van der Waals surface area contributed by atoms with Crippen LogP contribution in [0.5, 0.6) is 0 Å². The van der Waals surface area contributed by atoms with E-state index in [4.69, 9.17) is 11.6 Å². The maximum atomic E-state index is 12.8. The molecule has 0 atom stereocenters. The van der Waals surface area contributed by atoms with Crippen LogP contribution in [-0.2, 0) is 5.88 Å². The number of hydrogen-bond donors (Lipinski definition) is 0. The molecule has 2 rings (SSSR count). The molecule has 2 aromatic rings. The van der Waals surface area contributed by atoms with Crippen LogP contribution in [0.3, 0.4) is 0 Å². The topological polar surface area (TPSA) is 22.0 Å². The van der Waals surface area contributed by atoms with Crippen molar-refractivity contribution in [3.05, 3.63) is 63.8 Å². The number of hydrogen-bond acceptors (Lipinski definition) is 1. The molecule has 0 N–H and O–H groups in total. The first kappa shape index (κ1) is 11.9. The third-order valence-corrected chi connectivity index (χ3v) is 2.86. The molecular formula is C13H11ClFNO. The molecular weight excluding hydrogens is 241 g/mol. The summed E-state index contributed by atoms with van der Waals surface area (Å²) in [6, 6.07) is 7.61. The number of halogens is 2. The van der Waals surface area contributed by atoms with Gasteiger partial charge in [-0.2, -0.15) is 0 Å². The second-order valence-corrected chi connectivity index (χ2v) is 4.05. The summed E-state index contributed by atoms with van der Waals surface area (Å²) in [4.78, 5) is 11.6. The molecule has 2 nitrogen and oxygen atoms in total. The first-order chi connectivity index (χ1) is 8.11. The molecule has 0 aliphatic carbocycles. The van der Waals surface area contributed by atoms with Crippen molar-refractivity contribution in [2.45, 2.75) is 12.8 Å². The average molecular weight is 252 g/mol. The van der Waals surface area contributed by atoms with E-state index in [2.05, 4.69) is 0 Å². The summed E-state index contributed by atoms with van der Waals surface area (Å²) >= 11 is 5.70. The molecule has 0 radical (unpaired) electrons. The number of rotatable bonds is 2. The van der Waals surface area contributed by atoms with Gasteiger partial charge in [-0.1, -0.05) is 0 Å². The molecule has 1 aromatic carbocycles. The fourth-order valence-corrected chi connectivity index (χ4v) is 1.85. The van der Waals surface area contributed by atoms with E-state index in [-0.39, 0.29) is 17.1 Å². The average Bonchev–Trinajstić information content (AvgIpc) is 2.31. The van der Waals surface area contributed by atoms with Crippen molar-refractivity contribution in [3.63, 3.8) is 0 Å². The molecule has 88 valence electrons. The molecule has 17 heavy (non-hydrogen) atoms. The number of benzene rings is 1. The zero-order chi connectivity index (χ0) is 12.4. The summed E-state index contributed by atoms with van der Waals surface area (Å²) in [6.45, 7) is 1.82. The Balaban J connectivity index is 2.59. The summed E-state index contributed by atoms with van der Waals surface area (Å²) in [6.07, 6.45) is 1.69. The van der Waals surface area contributed by atoms with Gasteiger partial charge >= 0.3 is 0 Å². The van der Waals surface area contributed by atoms with E-state index in [9.17, 15) is 9.18 Å². The summed E-state index contributed by atoms with van der Waals surface area (Å²) in [7, 11) is 0. The lowest BCUT2D eigenvalue weighted by Gasteiger charge is -2.11.